The molecule has 3 fully saturated rings. The molecule has 0 spiro atoms. The van der Waals surface area contributed by atoms with Crippen LogP contribution in [0.2, 0.25) is 0 Å². The van der Waals surface area contributed by atoms with E-state index in [-0.39, 0.29) is 29.8 Å². The molecule has 0 radical (unpaired) electrons. The predicted octanol–water partition coefficient (Wildman–Crippen LogP) is 2.21. The summed E-state index contributed by atoms with van der Waals surface area (Å²) >= 11 is 0. The highest BCUT2D eigenvalue weighted by molar-refractivity contribution is 5.91. The topological polar surface area (TPSA) is 46.6 Å². The molecule has 0 aromatic heterocycles. The monoisotopic (exact) mass is 301 g/mol. The van der Waals surface area contributed by atoms with E-state index in [4.69, 9.17) is 4.74 Å². The number of ketones is 1. The number of piperidine rings is 2. The average Bonchev–Trinajstić information content (AvgIpc) is 2.54. The third-order valence-corrected chi connectivity index (χ3v) is 4.90. The van der Waals surface area contributed by atoms with Crippen LogP contribution in [-0.2, 0) is 20.7 Å². The minimum Gasteiger partial charge on any atom is -0.465 e. The van der Waals surface area contributed by atoms with Gasteiger partial charge in [-0.15, -0.1) is 0 Å². The number of carbonyl (C=O) groups is 2. The second kappa shape index (κ2) is 6.61. The summed E-state index contributed by atoms with van der Waals surface area (Å²) in [7, 11) is 0. The summed E-state index contributed by atoms with van der Waals surface area (Å²) in [4.78, 5) is 26.7. The first-order valence-corrected chi connectivity index (χ1v) is 8.19. The summed E-state index contributed by atoms with van der Waals surface area (Å²) in [5.74, 6) is -0.150. The maximum Gasteiger partial charge on any atom is 0.324 e. The SMILES string of the molecule is CCOC(=O)[C@H]1[C@@H]2CC[C@@H](CC2=O)N1CCc1ccccc1. The van der Waals surface area contributed by atoms with Crippen molar-refractivity contribution in [2.45, 2.75) is 44.7 Å². The van der Waals surface area contributed by atoms with Crippen LogP contribution in [0.15, 0.2) is 30.3 Å². The first kappa shape index (κ1) is 15.2. The van der Waals surface area contributed by atoms with Gasteiger partial charge < -0.3 is 4.74 Å². The number of hydrogen-bond donors (Lipinski definition) is 0. The Balaban J connectivity index is 1.74. The highest BCUT2D eigenvalue weighted by Gasteiger charge is 2.50. The zero-order chi connectivity index (χ0) is 15.5. The quantitative estimate of drug-likeness (QED) is 0.782. The van der Waals surface area contributed by atoms with Crippen molar-refractivity contribution >= 4 is 11.8 Å². The molecule has 0 N–H and O–H groups in total. The van der Waals surface area contributed by atoms with Gasteiger partial charge in [-0.1, -0.05) is 30.3 Å². The van der Waals surface area contributed by atoms with Crippen molar-refractivity contribution in [3.63, 3.8) is 0 Å². The molecule has 2 heterocycles. The van der Waals surface area contributed by atoms with Gasteiger partial charge in [0.2, 0.25) is 0 Å². The molecule has 1 aromatic rings. The number of hydrogen-bond acceptors (Lipinski definition) is 4. The van der Waals surface area contributed by atoms with E-state index in [9.17, 15) is 9.59 Å². The van der Waals surface area contributed by atoms with Gasteiger partial charge in [0, 0.05) is 24.9 Å². The summed E-state index contributed by atoms with van der Waals surface area (Å²) in [6, 6.07) is 10.1. The third kappa shape index (κ3) is 2.93. The normalized spacial score (nSPS) is 27.9. The van der Waals surface area contributed by atoms with Crippen LogP contribution < -0.4 is 0 Å². The van der Waals surface area contributed by atoms with Gasteiger partial charge in [0.15, 0.2) is 0 Å². The van der Waals surface area contributed by atoms with Gasteiger partial charge in [-0.25, -0.2) is 0 Å². The second-order valence-electron chi connectivity index (χ2n) is 6.18. The Morgan fingerprint density at radius 3 is 2.73 bits per heavy atom. The zero-order valence-corrected chi connectivity index (χ0v) is 13.0. The lowest BCUT2D eigenvalue weighted by molar-refractivity contribution is -0.164. The van der Waals surface area contributed by atoms with Crippen molar-refractivity contribution in [1.29, 1.82) is 0 Å². The van der Waals surface area contributed by atoms with Crippen LogP contribution in [0.3, 0.4) is 0 Å². The number of fused-ring (bicyclic) bond motifs is 3. The van der Waals surface area contributed by atoms with Crippen molar-refractivity contribution in [3.05, 3.63) is 35.9 Å². The van der Waals surface area contributed by atoms with Crippen molar-refractivity contribution in [1.82, 2.24) is 4.90 Å². The molecule has 4 heteroatoms. The van der Waals surface area contributed by atoms with Gasteiger partial charge in [-0.2, -0.15) is 0 Å². The summed E-state index contributed by atoms with van der Waals surface area (Å²) in [6.45, 7) is 2.99. The van der Waals surface area contributed by atoms with Crippen LogP contribution >= 0.6 is 0 Å². The lowest BCUT2D eigenvalue weighted by Gasteiger charge is -2.49. The highest BCUT2D eigenvalue weighted by Crippen LogP contribution is 2.38. The second-order valence-corrected chi connectivity index (χ2v) is 6.18. The van der Waals surface area contributed by atoms with Crippen LogP contribution in [0.25, 0.3) is 0 Å². The summed E-state index contributed by atoms with van der Waals surface area (Å²) in [5.41, 5.74) is 1.26. The first-order chi connectivity index (χ1) is 10.7. The molecule has 3 atom stereocenters. The fourth-order valence-electron chi connectivity index (χ4n) is 3.85. The van der Waals surface area contributed by atoms with Crippen LogP contribution in [0.4, 0.5) is 0 Å². The highest BCUT2D eigenvalue weighted by atomic mass is 16.5. The Bertz CT molecular complexity index is 543. The Hall–Kier alpha value is -1.68. The molecule has 1 saturated carbocycles. The molecule has 4 rings (SSSR count). The van der Waals surface area contributed by atoms with E-state index in [1.165, 1.54) is 5.56 Å². The van der Waals surface area contributed by atoms with Crippen LogP contribution in [0.1, 0.15) is 31.7 Å². The number of nitrogens with zero attached hydrogens (tertiary/aromatic N) is 1. The Kier molecular flexibility index (Phi) is 4.57. The molecule has 118 valence electrons. The summed E-state index contributed by atoms with van der Waals surface area (Å²) in [6.07, 6.45) is 3.33. The van der Waals surface area contributed by atoms with Crippen LogP contribution in [0, 0.1) is 5.92 Å². The van der Waals surface area contributed by atoms with Crippen LogP contribution in [0.5, 0.6) is 0 Å². The Morgan fingerprint density at radius 2 is 2.05 bits per heavy atom. The average molecular weight is 301 g/mol. The number of Topliss-reactive ketones (excluding diaryl/α,β-unsaturated/α-hetero) is 1. The predicted molar refractivity (Wildman–Crippen MR) is 83.4 cm³/mol. The van der Waals surface area contributed by atoms with Gasteiger partial charge in [0.1, 0.15) is 11.8 Å². The molecule has 0 amide bonds. The molecule has 0 unspecified atom stereocenters. The Labute approximate surface area is 131 Å². The number of rotatable bonds is 5. The first-order valence-electron chi connectivity index (χ1n) is 8.19. The fourth-order valence-corrected chi connectivity index (χ4v) is 3.85. The lowest BCUT2D eigenvalue weighted by atomic mass is 9.73. The lowest BCUT2D eigenvalue weighted by Crippen LogP contribution is -2.62. The van der Waals surface area contributed by atoms with E-state index < -0.39 is 0 Å². The smallest absolute Gasteiger partial charge is 0.324 e. The fraction of sp³-hybridized carbons (Fsp3) is 0.556. The molecule has 1 aliphatic carbocycles. The summed E-state index contributed by atoms with van der Waals surface area (Å²) < 4.78 is 5.23. The van der Waals surface area contributed by atoms with Gasteiger partial charge in [-0.3, -0.25) is 14.5 Å². The van der Waals surface area contributed by atoms with Gasteiger partial charge in [0.05, 0.1) is 6.61 Å². The number of ether oxygens (including phenoxy) is 1. The van der Waals surface area contributed by atoms with Gasteiger partial charge in [-0.05, 0) is 31.7 Å². The van der Waals surface area contributed by atoms with Gasteiger partial charge >= 0.3 is 5.97 Å². The van der Waals surface area contributed by atoms with E-state index in [0.717, 1.165) is 25.8 Å². The van der Waals surface area contributed by atoms with E-state index in [1.807, 2.05) is 25.1 Å². The minimum atomic E-state index is -0.372. The molecule has 1 aromatic carbocycles. The minimum absolute atomic E-state index is 0.167. The van der Waals surface area contributed by atoms with Crippen molar-refractivity contribution in [2.75, 3.05) is 13.2 Å². The molecule has 22 heavy (non-hydrogen) atoms. The maximum absolute atomic E-state index is 12.3. The molecule has 2 saturated heterocycles. The van der Waals surface area contributed by atoms with E-state index in [2.05, 4.69) is 17.0 Å². The number of carbonyl (C=O) groups excluding carboxylic acids is 2. The standard InChI is InChI=1S/C18H23NO3/c1-2-22-18(21)17-15-9-8-14(12-16(15)20)19(17)11-10-13-6-4-3-5-7-13/h3-7,14-15,17H,2,8-12H2,1H3/t14-,15+,17+/m0/s1. The van der Waals surface area contributed by atoms with Crippen molar-refractivity contribution in [2.24, 2.45) is 5.92 Å². The molecule has 4 nitrogen and oxygen atoms in total. The third-order valence-electron chi connectivity index (χ3n) is 4.90. The van der Waals surface area contributed by atoms with E-state index in [1.54, 1.807) is 0 Å². The summed E-state index contributed by atoms with van der Waals surface area (Å²) in [5, 5.41) is 0. The van der Waals surface area contributed by atoms with E-state index >= 15 is 0 Å². The molecule has 3 aliphatic rings. The maximum atomic E-state index is 12.3. The zero-order valence-electron chi connectivity index (χ0n) is 13.0. The van der Waals surface area contributed by atoms with Crippen LogP contribution in [-0.4, -0.2) is 41.9 Å². The van der Waals surface area contributed by atoms with E-state index in [0.29, 0.717) is 13.0 Å². The number of benzene rings is 1. The Morgan fingerprint density at radius 1 is 1.27 bits per heavy atom. The van der Waals surface area contributed by atoms with Crippen molar-refractivity contribution in [3.8, 4) is 0 Å². The largest absolute Gasteiger partial charge is 0.465 e. The van der Waals surface area contributed by atoms with Gasteiger partial charge in [0.25, 0.3) is 0 Å². The molecule has 2 aliphatic heterocycles. The van der Waals surface area contributed by atoms with Crippen molar-refractivity contribution < 1.29 is 14.3 Å². The molecular formula is C18H23NO3. The molecular weight excluding hydrogens is 278 g/mol. The number of esters is 1. The molecule has 2 bridgehead atoms.